The molecular weight excluding hydrogens is 490 g/mol. The average Bonchev–Trinajstić information content (AvgIpc) is 3.28. The van der Waals surface area contributed by atoms with Crippen LogP contribution in [0.2, 0.25) is 0 Å². The number of benzene rings is 2. The highest BCUT2D eigenvalue weighted by Crippen LogP contribution is 2.34. The van der Waals surface area contributed by atoms with E-state index in [1.54, 1.807) is 41.7 Å². The van der Waals surface area contributed by atoms with Crippen molar-refractivity contribution in [2.24, 2.45) is 0 Å². The monoisotopic (exact) mass is 519 g/mol. The summed E-state index contributed by atoms with van der Waals surface area (Å²) >= 11 is 3.29. The van der Waals surface area contributed by atoms with Gasteiger partial charge < -0.3 is 30.5 Å². The zero-order valence-electron chi connectivity index (χ0n) is 19.5. The molecule has 11 heteroatoms. The van der Waals surface area contributed by atoms with E-state index in [0.29, 0.717) is 22.8 Å². The van der Waals surface area contributed by atoms with Gasteiger partial charge in [0.2, 0.25) is 12.7 Å². The maximum atomic E-state index is 12.8. The van der Waals surface area contributed by atoms with Gasteiger partial charge in [-0.1, -0.05) is 6.07 Å². The lowest BCUT2D eigenvalue weighted by Gasteiger charge is -2.22. The third-order valence-electron chi connectivity index (χ3n) is 5.11. The standard InChI is InChI=1S/C24H29N3O6S2/c1-15(28)25-17-4-6-19(7-5-17)35-13-18(9-10-34-2)26-24(31)27-20(12-23(29)30)16-3-8-21-22(11-16)33-14-32-21/h3-8,11,18,20H,9-10,12-14H2,1-2H3,(H,25,28)(H,29,30)(H2,26,27,31)/t18-,20-/m0/s1. The van der Waals surface area contributed by atoms with Gasteiger partial charge in [-0.2, -0.15) is 11.8 Å². The number of hydrogen-bond donors (Lipinski definition) is 4. The Kier molecular flexibility index (Phi) is 9.98. The third-order valence-corrected chi connectivity index (χ3v) is 6.93. The van der Waals surface area contributed by atoms with Crippen molar-refractivity contribution < 1.29 is 29.0 Å². The summed E-state index contributed by atoms with van der Waals surface area (Å²) in [6, 6.07) is 11.4. The fourth-order valence-corrected chi connectivity index (χ4v) is 4.93. The van der Waals surface area contributed by atoms with Crippen LogP contribution in [-0.2, 0) is 9.59 Å². The van der Waals surface area contributed by atoms with Crippen LogP contribution in [0.15, 0.2) is 47.4 Å². The number of carboxylic acid groups (broad SMARTS) is 1. The van der Waals surface area contributed by atoms with Gasteiger partial charge in [0.15, 0.2) is 11.5 Å². The van der Waals surface area contributed by atoms with E-state index in [9.17, 15) is 19.5 Å². The molecule has 0 unspecified atom stereocenters. The third kappa shape index (κ3) is 8.59. The number of carbonyl (C=O) groups is 3. The van der Waals surface area contributed by atoms with Crippen LogP contribution in [-0.4, -0.2) is 53.6 Å². The predicted octanol–water partition coefficient (Wildman–Crippen LogP) is 4.10. The Balaban J connectivity index is 1.61. The minimum absolute atomic E-state index is 0.112. The molecule has 0 radical (unpaired) electrons. The molecule has 0 aliphatic carbocycles. The van der Waals surface area contributed by atoms with E-state index in [-0.39, 0.29) is 25.2 Å². The molecule has 188 valence electrons. The first-order chi connectivity index (χ1) is 16.8. The highest BCUT2D eigenvalue weighted by Gasteiger charge is 2.23. The summed E-state index contributed by atoms with van der Waals surface area (Å²) < 4.78 is 10.7. The molecule has 2 aromatic carbocycles. The molecule has 2 aromatic rings. The molecule has 1 heterocycles. The van der Waals surface area contributed by atoms with Gasteiger partial charge in [-0.3, -0.25) is 9.59 Å². The summed E-state index contributed by atoms with van der Waals surface area (Å²) in [5.41, 5.74) is 1.35. The number of urea groups is 1. The van der Waals surface area contributed by atoms with Crippen LogP contribution < -0.4 is 25.4 Å². The molecule has 0 fully saturated rings. The lowest BCUT2D eigenvalue weighted by molar-refractivity contribution is -0.137. The van der Waals surface area contributed by atoms with Crippen molar-refractivity contribution in [3.05, 3.63) is 48.0 Å². The molecule has 1 aliphatic heterocycles. The zero-order valence-corrected chi connectivity index (χ0v) is 21.2. The second kappa shape index (κ2) is 13.1. The molecule has 0 spiro atoms. The first kappa shape index (κ1) is 26.6. The summed E-state index contributed by atoms with van der Waals surface area (Å²) in [6.45, 7) is 1.57. The summed E-state index contributed by atoms with van der Waals surface area (Å²) in [5.74, 6) is 1.48. The van der Waals surface area contributed by atoms with E-state index in [0.717, 1.165) is 22.8 Å². The number of carboxylic acids is 1. The van der Waals surface area contributed by atoms with E-state index in [2.05, 4.69) is 16.0 Å². The first-order valence-corrected chi connectivity index (χ1v) is 13.4. The number of anilines is 1. The molecule has 3 rings (SSSR count). The van der Waals surface area contributed by atoms with Crippen molar-refractivity contribution in [1.82, 2.24) is 10.6 Å². The Bertz CT molecular complexity index is 1030. The van der Waals surface area contributed by atoms with Crippen LogP contribution in [0.25, 0.3) is 0 Å². The molecule has 0 saturated carbocycles. The number of aliphatic carboxylic acids is 1. The minimum atomic E-state index is -1.02. The summed E-state index contributed by atoms with van der Waals surface area (Å²) in [4.78, 5) is 36.5. The number of nitrogens with one attached hydrogen (secondary N) is 3. The minimum Gasteiger partial charge on any atom is -0.481 e. The van der Waals surface area contributed by atoms with Gasteiger partial charge in [-0.15, -0.1) is 11.8 Å². The highest BCUT2D eigenvalue weighted by atomic mass is 32.2. The van der Waals surface area contributed by atoms with E-state index < -0.39 is 18.0 Å². The number of amides is 3. The van der Waals surface area contributed by atoms with Gasteiger partial charge in [-0.25, -0.2) is 4.79 Å². The van der Waals surface area contributed by atoms with E-state index >= 15 is 0 Å². The van der Waals surface area contributed by atoms with Crippen LogP contribution in [0.4, 0.5) is 10.5 Å². The maximum absolute atomic E-state index is 12.8. The molecule has 9 nitrogen and oxygen atoms in total. The second-order valence-electron chi connectivity index (χ2n) is 7.88. The summed E-state index contributed by atoms with van der Waals surface area (Å²) in [5, 5.41) is 17.9. The number of rotatable bonds is 12. The predicted molar refractivity (Wildman–Crippen MR) is 137 cm³/mol. The molecule has 0 aromatic heterocycles. The van der Waals surface area contributed by atoms with E-state index in [1.165, 1.54) is 6.92 Å². The molecule has 4 N–H and O–H groups in total. The Morgan fingerprint density at radius 3 is 2.49 bits per heavy atom. The lowest BCUT2D eigenvalue weighted by Crippen LogP contribution is -2.45. The Labute approximate surface area is 212 Å². The number of carbonyl (C=O) groups excluding carboxylic acids is 2. The fourth-order valence-electron chi connectivity index (χ4n) is 3.43. The lowest BCUT2D eigenvalue weighted by atomic mass is 10.0. The molecule has 0 saturated heterocycles. The zero-order chi connectivity index (χ0) is 25.2. The summed E-state index contributed by atoms with van der Waals surface area (Å²) in [6.07, 6.45) is 2.50. The van der Waals surface area contributed by atoms with Crippen molar-refractivity contribution in [3.63, 3.8) is 0 Å². The van der Waals surface area contributed by atoms with E-state index in [4.69, 9.17) is 9.47 Å². The van der Waals surface area contributed by atoms with Crippen LogP contribution in [0.5, 0.6) is 11.5 Å². The Morgan fingerprint density at radius 2 is 1.80 bits per heavy atom. The van der Waals surface area contributed by atoms with Crippen LogP contribution in [0.1, 0.15) is 31.4 Å². The number of ether oxygens (including phenoxy) is 2. The molecule has 3 amide bonds. The molecular formula is C24H29N3O6S2. The Hall–Kier alpha value is -3.05. The topological polar surface area (TPSA) is 126 Å². The molecule has 35 heavy (non-hydrogen) atoms. The van der Waals surface area contributed by atoms with Crippen molar-refractivity contribution in [2.75, 3.05) is 29.9 Å². The molecule has 0 bridgehead atoms. The number of fused-ring (bicyclic) bond motifs is 1. The number of hydrogen-bond acceptors (Lipinski definition) is 7. The maximum Gasteiger partial charge on any atom is 0.315 e. The van der Waals surface area contributed by atoms with Gasteiger partial charge in [0.1, 0.15) is 0 Å². The van der Waals surface area contributed by atoms with Gasteiger partial charge >= 0.3 is 12.0 Å². The quantitative estimate of drug-likeness (QED) is 0.309. The average molecular weight is 520 g/mol. The largest absolute Gasteiger partial charge is 0.481 e. The van der Waals surface area contributed by atoms with Crippen molar-refractivity contribution in [2.45, 2.75) is 36.7 Å². The van der Waals surface area contributed by atoms with Crippen LogP contribution in [0.3, 0.4) is 0 Å². The van der Waals surface area contributed by atoms with Crippen molar-refractivity contribution in [1.29, 1.82) is 0 Å². The van der Waals surface area contributed by atoms with Gasteiger partial charge in [0, 0.05) is 29.3 Å². The normalized spacial score (nSPS) is 13.5. The molecule has 1 aliphatic rings. The van der Waals surface area contributed by atoms with E-state index in [1.807, 2.05) is 30.5 Å². The Morgan fingerprint density at radius 1 is 1.06 bits per heavy atom. The molecule has 2 atom stereocenters. The highest BCUT2D eigenvalue weighted by molar-refractivity contribution is 7.99. The second-order valence-corrected chi connectivity index (χ2v) is 9.95. The number of thioether (sulfide) groups is 2. The van der Waals surface area contributed by atoms with Crippen molar-refractivity contribution in [3.8, 4) is 11.5 Å². The fraction of sp³-hybridized carbons (Fsp3) is 0.375. The van der Waals surface area contributed by atoms with Crippen LogP contribution >= 0.6 is 23.5 Å². The first-order valence-electron chi connectivity index (χ1n) is 11.0. The van der Waals surface area contributed by atoms with Gasteiger partial charge in [-0.05, 0) is 60.4 Å². The van der Waals surface area contributed by atoms with Gasteiger partial charge in [0.05, 0.1) is 12.5 Å². The SMILES string of the molecule is CSCC[C@@H](CSc1ccc(NC(C)=O)cc1)NC(=O)N[C@@H](CC(=O)O)c1ccc2c(c1)OCO2. The van der Waals surface area contributed by atoms with Crippen molar-refractivity contribution >= 4 is 47.1 Å². The van der Waals surface area contributed by atoms with Crippen LogP contribution in [0, 0.1) is 0 Å². The summed E-state index contributed by atoms with van der Waals surface area (Å²) in [7, 11) is 0. The smallest absolute Gasteiger partial charge is 0.315 e. The van der Waals surface area contributed by atoms with Gasteiger partial charge in [0.25, 0.3) is 0 Å².